The smallest absolute Gasteiger partial charge is 0.169 e. The van der Waals surface area contributed by atoms with Crippen LogP contribution in [0.15, 0.2) is 67.3 Å². The molecule has 2 aliphatic rings. The second-order valence-corrected chi connectivity index (χ2v) is 9.92. The fourth-order valence-electron chi connectivity index (χ4n) is 5.44. The second-order valence-electron chi connectivity index (χ2n) is 9.92. The van der Waals surface area contributed by atoms with Crippen LogP contribution in [0.1, 0.15) is 48.7 Å². The molecule has 9 heteroatoms. The van der Waals surface area contributed by atoms with Gasteiger partial charge in [-0.2, -0.15) is 5.10 Å². The van der Waals surface area contributed by atoms with Crippen molar-refractivity contribution in [2.45, 2.75) is 50.7 Å². The molecule has 1 atom stereocenters. The predicted octanol–water partition coefficient (Wildman–Crippen LogP) is 3.15. The van der Waals surface area contributed by atoms with Crippen molar-refractivity contribution in [3.63, 3.8) is 0 Å². The van der Waals surface area contributed by atoms with Crippen molar-refractivity contribution in [2.24, 2.45) is 0 Å². The highest BCUT2D eigenvalue weighted by atomic mass is 15.5. The first-order valence-electron chi connectivity index (χ1n) is 13.1. The summed E-state index contributed by atoms with van der Waals surface area (Å²) in [5.41, 5.74) is 3.47. The van der Waals surface area contributed by atoms with Gasteiger partial charge >= 0.3 is 0 Å². The molecule has 0 N–H and O–H groups in total. The van der Waals surface area contributed by atoms with Gasteiger partial charge in [0.25, 0.3) is 0 Å². The summed E-state index contributed by atoms with van der Waals surface area (Å²) in [7, 11) is 0. The Hall–Kier alpha value is -3.43. The molecule has 36 heavy (non-hydrogen) atoms. The molecule has 0 amide bonds. The van der Waals surface area contributed by atoms with Crippen LogP contribution in [0.25, 0.3) is 5.69 Å². The molecular formula is C27H33N9. The number of aromatic nitrogens is 7. The van der Waals surface area contributed by atoms with E-state index < -0.39 is 0 Å². The molecule has 1 saturated heterocycles. The monoisotopic (exact) mass is 483 g/mol. The van der Waals surface area contributed by atoms with Crippen LogP contribution in [0, 0.1) is 0 Å². The highest BCUT2D eigenvalue weighted by Crippen LogP contribution is 2.29. The van der Waals surface area contributed by atoms with Crippen LogP contribution in [0.3, 0.4) is 0 Å². The summed E-state index contributed by atoms with van der Waals surface area (Å²) in [4.78, 5) is 9.38. The zero-order valence-corrected chi connectivity index (χ0v) is 20.6. The van der Waals surface area contributed by atoms with Crippen LogP contribution in [0.4, 0.5) is 0 Å². The first-order chi connectivity index (χ1) is 17.8. The topological polar surface area (TPSA) is 80.8 Å². The minimum atomic E-state index is 0.113. The number of tetrazole rings is 1. The molecule has 6 rings (SSSR count). The molecule has 1 unspecified atom stereocenters. The minimum absolute atomic E-state index is 0.113. The molecule has 2 aromatic heterocycles. The molecule has 0 spiro atoms. The molecule has 0 bridgehead atoms. The number of rotatable bonds is 8. The van der Waals surface area contributed by atoms with Crippen molar-refractivity contribution >= 4 is 0 Å². The number of nitrogens with zero attached hydrogens (tertiary/aromatic N) is 9. The zero-order valence-electron chi connectivity index (χ0n) is 20.6. The molecule has 1 aliphatic heterocycles. The molecule has 2 fully saturated rings. The van der Waals surface area contributed by atoms with Crippen molar-refractivity contribution < 1.29 is 0 Å². The van der Waals surface area contributed by atoms with Gasteiger partial charge in [0.1, 0.15) is 12.7 Å². The zero-order chi connectivity index (χ0) is 24.2. The SMILES string of the molecule is c1ccc(Cn2nnnc2C(Cc2ccc(-n3cncn3)cc2)N2CCCN(C3CCC3)CC2)cc1. The highest BCUT2D eigenvalue weighted by Gasteiger charge is 2.31. The summed E-state index contributed by atoms with van der Waals surface area (Å²) in [6, 6.07) is 19.9. The molecule has 3 heterocycles. The lowest BCUT2D eigenvalue weighted by Crippen LogP contribution is -2.42. The predicted molar refractivity (Wildman–Crippen MR) is 137 cm³/mol. The van der Waals surface area contributed by atoms with E-state index in [-0.39, 0.29) is 6.04 Å². The Bertz CT molecular complexity index is 1220. The van der Waals surface area contributed by atoms with Crippen molar-refractivity contribution in [1.29, 1.82) is 0 Å². The van der Waals surface area contributed by atoms with Gasteiger partial charge in [-0.15, -0.1) is 5.10 Å². The molecule has 4 aromatic rings. The van der Waals surface area contributed by atoms with E-state index in [4.69, 9.17) is 0 Å². The number of benzene rings is 2. The summed E-state index contributed by atoms with van der Waals surface area (Å²) in [5.74, 6) is 0.941. The number of hydrogen-bond acceptors (Lipinski definition) is 7. The van der Waals surface area contributed by atoms with E-state index in [1.165, 1.54) is 43.4 Å². The van der Waals surface area contributed by atoms with E-state index in [0.29, 0.717) is 6.54 Å². The van der Waals surface area contributed by atoms with Crippen molar-refractivity contribution in [1.82, 2.24) is 44.8 Å². The van der Waals surface area contributed by atoms with E-state index in [1.54, 1.807) is 17.3 Å². The van der Waals surface area contributed by atoms with Gasteiger partial charge < -0.3 is 0 Å². The quantitative estimate of drug-likeness (QED) is 0.381. The van der Waals surface area contributed by atoms with Gasteiger partial charge in [0.05, 0.1) is 18.3 Å². The minimum Gasteiger partial charge on any atom is -0.299 e. The summed E-state index contributed by atoms with van der Waals surface area (Å²) in [6.07, 6.45) is 9.41. The lowest BCUT2D eigenvalue weighted by atomic mass is 9.91. The second kappa shape index (κ2) is 10.7. The molecule has 2 aromatic carbocycles. The highest BCUT2D eigenvalue weighted by molar-refractivity contribution is 5.34. The van der Waals surface area contributed by atoms with Gasteiger partial charge in [-0.25, -0.2) is 14.3 Å². The van der Waals surface area contributed by atoms with Crippen molar-refractivity contribution in [3.05, 3.63) is 84.2 Å². The van der Waals surface area contributed by atoms with Gasteiger partial charge in [-0.1, -0.05) is 48.9 Å². The van der Waals surface area contributed by atoms with Crippen LogP contribution in [0.2, 0.25) is 0 Å². The van der Waals surface area contributed by atoms with Crippen LogP contribution in [-0.2, 0) is 13.0 Å². The molecule has 1 aliphatic carbocycles. The Morgan fingerprint density at radius 2 is 1.72 bits per heavy atom. The van der Waals surface area contributed by atoms with Gasteiger partial charge in [-0.3, -0.25) is 9.80 Å². The average Bonchev–Trinajstić information content (AvgIpc) is 3.52. The number of hydrogen-bond donors (Lipinski definition) is 0. The summed E-state index contributed by atoms with van der Waals surface area (Å²) < 4.78 is 3.77. The van der Waals surface area contributed by atoms with Gasteiger partial charge in [-0.05, 0) is 65.9 Å². The van der Waals surface area contributed by atoms with Crippen LogP contribution in [-0.4, -0.2) is 77.0 Å². The third-order valence-corrected chi connectivity index (χ3v) is 7.68. The van der Waals surface area contributed by atoms with E-state index in [1.807, 2.05) is 10.7 Å². The average molecular weight is 484 g/mol. The lowest BCUT2D eigenvalue weighted by molar-refractivity contribution is 0.124. The Labute approximate surface area is 211 Å². The Morgan fingerprint density at radius 1 is 0.861 bits per heavy atom. The molecule has 9 nitrogen and oxygen atoms in total. The molecular weight excluding hydrogens is 450 g/mol. The van der Waals surface area contributed by atoms with Crippen LogP contribution < -0.4 is 0 Å². The van der Waals surface area contributed by atoms with Crippen LogP contribution >= 0.6 is 0 Å². The largest absolute Gasteiger partial charge is 0.299 e. The Kier molecular flexibility index (Phi) is 6.82. The molecule has 1 saturated carbocycles. The van der Waals surface area contributed by atoms with Gasteiger partial charge in [0.15, 0.2) is 5.82 Å². The Balaban J connectivity index is 1.26. The Morgan fingerprint density at radius 3 is 2.47 bits per heavy atom. The maximum Gasteiger partial charge on any atom is 0.169 e. The van der Waals surface area contributed by atoms with Crippen LogP contribution in [0.5, 0.6) is 0 Å². The molecule has 186 valence electrons. The fourth-order valence-corrected chi connectivity index (χ4v) is 5.44. The first-order valence-corrected chi connectivity index (χ1v) is 13.1. The summed E-state index contributed by atoms with van der Waals surface area (Å²) in [5, 5.41) is 17.4. The maximum absolute atomic E-state index is 4.58. The van der Waals surface area contributed by atoms with Gasteiger partial charge in [0.2, 0.25) is 0 Å². The standard InChI is InChI=1S/C27H33N9/c1-2-6-23(7-3-1)19-35-27(30-31-32-35)26(34-15-5-14-33(16-17-34)24-8-4-9-24)18-22-10-12-25(13-11-22)36-21-28-20-29-36/h1-3,6-7,10-13,20-21,24,26H,4-5,8-9,14-19H2. The van der Waals surface area contributed by atoms with Crippen molar-refractivity contribution in [2.75, 3.05) is 26.2 Å². The van der Waals surface area contributed by atoms with E-state index in [9.17, 15) is 0 Å². The first kappa shape index (κ1) is 23.0. The third kappa shape index (κ3) is 5.08. The third-order valence-electron chi connectivity index (χ3n) is 7.68. The summed E-state index contributed by atoms with van der Waals surface area (Å²) >= 11 is 0. The van der Waals surface area contributed by atoms with E-state index in [2.05, 4.69) is 83.9 Å². The van der Waals surface area contributed by atoms with Crippen molar-refractivity contribution in [3.8, 4) is 5.69 Å². The fraction of sp³-hybridized carbons (Fsp3) is 0.444. The van der Waals surface area contributed by atoms with Gasteiger partial charge in [0, 0.05) is 25.7 Å². The summed E-state index contributed by atoms with van der Waals surface area (Å²) in [6.45, 7) is 5.08. The van der Waals surface area contributed by atoms with E-state index in [0.717, 1.165) is 43.6 Å². The normalized spacial score (nSPS) is 18.6. The van der Waals surface area contributed by atoms with E-state index >= 15 is 0 Å². The molecule has 0 radical (unpaired) electrons. The lowest BCUT2D eigenvalue weighted by Gasteiger charge is -2.37. The maximum atomic E-state index is 4.58.